The molecule has 0 fully saturated rings. The van der Waals surface area contributed by atoms with E-state index in [0.717, 1.165) is 24.4 Å². The topological polar surface area (TPSA) is 67.8 Å². The first-order chi connectivity index (χ1) is 15.7. The van der Waals surface area contributed by atoms with Crippen LogP contribution in [0.1, 0.15) is 117 Å². The summed E-state index contributed by atoms with van der Waals surface area (Å²) in [5.74, 6) is -1.08. The minimum absolute atomic E-state index is 0.282. The van der Waals surface area contributed by atoms with Crippen molar-refractivity contribution in [3.63, 3.8) is 0 Å². The minimum atomic E-state index is -2.62. The molecule has 0 aromatic heterocycles. The smallest absolute Gasteiger partial charge is 0.550 e. The summed E-state index contributed by atoms with van der Waals surface area (Å²) in [6, 6.07) is 0. The number of carbonyl (C=O) groups is 1. The molecule has 200 valence electrons. The molecular weight excluding hydrogens is 434 g/mol. The molecule has 0 spiro atoms. The van der Waals surface area contributed by atoms with Gasteiger partial charge in [-0.25, -0.2) is 0 Å². The van der Waals surface area contributed by atoms with Crippen molar-refractivity contribution in [2.24, 2.45) is 0 Å². The van der Waals surface area contributed by atoms with Crippen molar-refractivity contribution in [2.75, 3.05) is 42.0 Å². The van der Waals surface area contributed by atoms with Crippen LogP contribution in [-0.2, 0) is 18.1 Å². The van der Waals surface area contributed by atoms with Gasteiger partial charge in [-0.2, -0.15) is 0 Å². The third kappa shape index (κ3) is 17.6. The largest absolute Gasteiger partial charge is 0.561 e. The Labute approximate surface area is 207 Å². The number of unbranched alkanes of at least 4 members (excludes halogenated alkanes) is 13. The highest BCUT2D eigenvalue weighted by Crippen LogP contribution is 2.25. The maximum atomic E-state index is 8.89. The van der Waals surface area contributed by atoms with E-state index in [-0.39, 0.29) is 5.67 Å². The fraction of sp³-hybridized carbons (Fsp3) is 0.962. The number of carboxylic acid groups (broad SMARTS) is 1. The van der Waals surface area contributed by atoms with Crippen molar-refractivity contribution < 1.29 is 27.7 Å². The number of carboxylic acids is 1. The second-order valence-corrected chi connectivity index (χ2v) is 12.8. The Bertz CT molecular complexity index is 432. The molecular formula is C26H57NO5Si. The van der Waals surface area contributed by atoms with E-state index in [2.05, 4.69) is 27.9 Å². The van der Waals surface area contributed by atoms with E-state index in [1.165, 1.54) is 89.9 Å². The standard InChI is InChI=1S/C24H54NO3Si.C2H4O2/c1-8-10-11-12-13-14-15-16-17-18-19-20-21-22-23-25(3,4)24(9-2)29(26-5,27-6)28-7;1-2(3)4/h24H,8-23H2,1-7H3;1H3,(H,3,4)/q+1;/p-1. The van der Waals surface area contributed by atoms with Crippen LogP contribution in [0.4, 0.5) is 0 Å². The molecule has 0 heterocycles. The van der Waals surface area contributed by atoms with Crippen LogP contribution in [0.5, 0.6) is 0 Å². The highest BCUT2D eigenvalue weighted by Gasteiger charge is 2.55. The summed E-state index contributed by atoms with van der Waals surface area (Å²) < 4.78 is 18.2. The normalized spacial score (nSPS) is 12.8. The van der Waals surface area contributed by atoms with E-state index in [0.29, 0.717) is 0 Å². The van der Waals surface area contributed by atoms with Crippen molar-refractivity contribution in [2.45, 2.75) is 123 Å². The van der Waals surface area contributed by atoms with Gasteiger partial charge in [-0.05, 0) is 19.8 Å². The lowest BCUT2D eigenvalue weighted by atomic mass is 10.0. The van der Waals surface area contributed by atoms with Gasteiger partial charge in [0.25, 0.3) is 0 Å². The molecule has 0 aromatic rings. The van der Waals surface area contributed by atoms with E-state index in [4.69, 9.17) is 23.2 Å². The maximum absolute atomic E-state index is 8.89. The number of nitrogens with zero attached hydrogens (tertiary/aromatic N) is 1. The van der Waals surface area contributed by atoms with Crippen molar-refractivity contribution in [3.05, 3.63) is 0 Å². The average Bonchev–Trinajstić information content (AvgIpc) is 2.77. The summed E-state index contributed by atoms with van der Waals surface area (Å²) in [6.07, 6.45) is 20.7. The fourth-order valence-corrected chi connectivity index (χ4v) is 7.50. The van der Waals surface area contributed by atoms with Gasteiger partial charge in [0.15, 0.2) is 5.67 Å². The molecule has 0 aliphatic rings. The molecule has 7 heteroatoms. The Morgan fingerprint density at radius 1 is 0.727 bits per heavy atom. The molecule has 6 nitrogen and oxygen atoms in total. The Hall–Kier alpha value is -0.473. The van der Waals surface area contributed by atoms with Crippen molar-refractivity contribution in [1.82, 2.24) is 0 Å². The zero-order valence-corrected chi connectivity index (χ0v) is 24.4. The number of rotatable bonds is 21. The lowest BCUT2D eigenvalue weighted by Crippen LogP contribution is -2.67. The first-order valence-electron chi connectivity index (χ1n) is 13.3. The predicted octanol–water partition coefficient (Wildman–Crippen LogP) is 5.50. The van der Waals surface area contributed by atoms with Crippen LogP contribution in [0.2, 0.25) is 0 Å². The quantitative estimate of drug-likeness (QED) is 0.121. The molecule has 0 N–H and O–H groups in total. The molecule has 0 saturated heterocycles. The van der Waals surface area contributed by atoms with Crippen molar-refractivity contribution >= 4 is 14.8 Å². The van der Waals surface area contributed by atoms with Crippen LogP contribution >= 0.6 is 0 Å². The minimum Gasteiger partial charge on any atom is -0.550 e. The summed E-state index contributed by atoms with van der Waals surface area (Å²) in [6.45, 7) is 6.63. The molecule has 1 unspecified atom stereocenters. The maximum Gasteiger partial charge on any atom is 0.561 e. The first kappa shape index (κ1) is 34.7. The second-order valence-electron chi connectivity index (χ2n) is 9.73. The second kappa shape index (κ2) is 22.0. The number of hydrogen-bond donors (Lipinski definition) is 0. The SMILES string of the molecule is CC(=O)[O-].CCCCCCCCCCCCCCCC[N+](C)(C)C(CC)[Si](OC)(OC)OC. The van der Waals surface area contributed by atoms with E-state index in [9.17, 15) is 0 Å². The Morgan fingerprint density at radius 3 is 1.30 bits per heavy atom. The lowest BCUT2D eigenvalue weighted by Gasteiger charge is -2.43. The molecule has 0 amide bonds. The van der Waals surface area contributed by atoms with E-state index in [1.807, 2.05) is 0 Å². The predicted molar refractivity (Wildman–Crippen MR) is 139 cm³/mol. The van der Waals surface area contributed by atoms with Crippen molar-refractivity contribution in [3.8, 4) is 0 Å². The Morgan fingerprint density at radius 2 is 1.03 bits per heavy atom. The van der Waals surface area contributed by atoms with Crippen LogP contribution in [0.15, 0.2) is 0 Å². The van der Waals surface area contributed by atoms with Gasteiger partial charge in [0.05, 0.1) is 20.6 Å². The third-order valence-electron chi connectivity index (χ3n) is 6.58. The van der Waals surface area contributed by atoms with Gasteiger partial charge >= 0.3 is 8.80 Å². The van der Waals surface area contributed by atoms with Crippen LogP contribution in [0.3, 0.4) is 0 Å². The third-order valence-corrected chi connectivity index (χ3v) is 10.2. The highest BCUT2D eigenvalue weighted by atomic mass is 28.4. The molecule has 0 bridgehead atoms. The number of aliphatic carboxylic acids is 1. The molecule has 1 atom stereocenters. The summed E-state index contributed by atoms with van der Waals surface area (Å²) in [7, 11) is 7.18. The lowest BCUT2D eigenvalue weighted by molar-refractivity contribution is -0.906. The first-order valence-corrected chi connectivity index (χ1v) is 15.1. The van der Waals surface area contributed by atoms with E-state index in [1.54, 1.807) is 21.3 Å². The molecule has 0 aromatic carbocycles. The van der Waals surface area contributed by atoms with Gasteiger partial charge in [-0.15, -0.1) is 0 Å². The van der Waals surface area contributed by atoms with E-state index < -0.39 is 14.8 Å². The van der Waals surface area contributed by atoms with Gasteiger partial charge in [0.2, 0.25) is 0 Å². The summed E-state index contributed by atoms with van der Waals surface area (Å²) in [4.78, 5) is 8.89. The van der Waals surface area contributed by atoms with Gasteiger partial charge in [0, 0.05) is 33.7 Å². The van der Waals surface area contributed by atoms with Gasteiger partial charge in [0.1, 0.15) is 0 Å². The summed E-state index contributed by atoms with van der Waals surface area (Å²) in [5.41, 5.74) is 0.282. The average molecular weight is 492 g/mol. The summed E-state index contributed by atoms with van der Waals surface area (Å²) >= 11 is 0. The molecule has 0 rings (SSSR count). The molecule has 0 aliphatic heterocycles. The zero-order chi connectivity index (χ0) is 25.6. The Kier molecular flexibility index (Phi) is 23.1. The van der Waals surface area contributed by atoms with E-state index >= 15 is 0 Å². The van der Waals surface area contributed by atoms with Gasteiger partial charge in [-0.3, -0.25) is 0 Å². The molecule has 0 aliphatic carbocycles. The molecule has 33 heavy (non-hydrogen) atoms. The van der Waals surface area contributed by atoms with Crippen molar-refractivity contribution in [1.29, 1.82) is 0 Å². The monoisotopic (exact) mass is 491 g/mol. The van der Waals surface area contributed by atoms with Crippen LogP contribution in [0, 0.1) is 0 Å². The van der Waals surface area contributed by atoms with Crippen LogP contribution in [0.25, 0.3) is 0 Å². The zero-order valence-electron chi connectivity index (χ0n) is 23.4. The highest BCUT2D eigenvalue weighted by molar-refractivity contribution is 6.62. The number of carbonyl (C=O) groups excluding carboxylic acids is 1. The van der Waals surface area contributed by atoms with Crippen LogP contribution < -0.4 is 5.11 Å². The Balaban J connectivity index is 0. The fourth-order valence-electron chi connectivity index (χ4n) is 4.70. The van der Waals surface area contributed by atoms with Gasteiger partial charge < -0.3 is 27.7 Å². The number of hydrogen-bond acceptors (Lipinski definition) is 5. The number of quaternary nitrogens is 1. The van der Waals surface area contributed by atoms with Crippen LogP contribution in [-0.4, -0.2) is 66.9 Å². The molecule has 0 saturated carbocycles. The summed E-state index contributed by atoms with van der Waals surface area (Å²) in [5, 5.41) is 8.89. The molecule has 0 radical (unpaired) electrons. The van der Waals surface area contributed by atoms with Gasteiger partial charge in [-0.1, -0.05) is 90.9 Å².